The number of carbonyl (C=O) groups is 7. The summed E-state index contributed by atoms with van der Waals surface area (Å²) in [7, 11) is -1.06. The van der Waals surface area contributed by atoms with E-state index in [4.69, 9.17) is 48.4 Å². The first-order chi connectivity index (χ1) is 46.2. The summed E-state index contributed by atoms with van der Waals surface area (Å²) in [6.07, 6.45) is 4.70. The van der Waals surface area contributed by atoms with Crippen molar-refractivity contribution >= 4 is 73.5 Å². The van der Waals surface area contributed by atoms with Crippen LogP contribution in [0.1, 0.15) is 176 Å². The fourth-order valence-corrected chi connectivity index (χ4v) is 16.2. The molecule has 26 heteroatoms. The van der Waals surface area contributed by atoms with Crippen LogP contribution in [0.5, 0.6) is 23.3 Å². The Morgan fingerprint density at radius 1 is 0.653 bits per heavy atom. The number of Topliss-reactive ketones (excluding diaryl/α,β-unsaturated/α-hetero) is 1. The molecule has 98 heavy (non-hydrogen) atoms. The maximum absolute atomic E-state index is 14.8. The third-order valence-corrected chi connectivity index (χ3v) is 24.1. The van der Waals surface area contributed by atoms with E-state index in [1.807, 2.05) is 64.5 Å². The molecule has 2 saturated heterocycles. The molecule has 4 saturated carbocycles. The van der Waals surface area contributed by atoms with Crippen molar-refractivity contribution in [1.29, 1.82) is 0 Å². The van der Waals surface area contributed by atoms with Crippen molar-refractivity contribution in [2.24, 2.45) is 57.7 Å². The summed E-state index contributed by atoms with van der Waals surface area (Å²) < 4.78 is 91.1. The molecule has 2 aromatic heterocycles. The molecule has 2 N–H and O–H groups in total. The van der Waals surface area contributed by atoms with Gasteiger partial charge in [-0.1, -0.05) is 81.1 Å². The van der Waals surface area contributed by atoms with Crippen molar-refractivity contribution in [3.63, 3.8) is 0 Å². The van der Waals surface area contributed by atoms with Crippen LogP contribution in [-0.2, 0) is 65.9 Å². The number of methoxy groups -OCH3 is 2. The Hall–Kier alpha value is -7.38. The van der Waals surface area contributed by atoms with Crippen LogP contribution in [0.2, 0.25) is 0 Å². The number of carboxylic acids is 1. The van der Waals surface area contributed by atoms with Crippen LogP contribution in [-0.4, -0.2) is 160 Å². The molecule has 4 aliphatic carbocycles. The number of benzene rings is 2. The summed E-state index contributed by atoms with van der Waals surface area (Å²) in [6.45, 7) is 16.1. The lowest BCUT2D eigenvalue weighted by Crippen LogP contribution is -2.50. The Kier molecular flexibility index (Phi) is 20.5. The van der Waals surface area contributed by atoms with Gasteiger partial charge in [0.25, 0.3) is 0 Å². The molecule has 534 valence electrons. The summed E-state index contributed by atoms with van der Waals surface area (Å²) >= 11 is 0. The first-order valence-corrected chi connectivity index (χ1v) is 36.3. The van der Waals surface area contributed by atoms with Gasteiger partial charge in [-0.3, -0.25) is 33.5 Å². The zero-order chi connectivity index (χ0) is 70.7. The number of rotatable bonds is 10. The number of hydrogen-bond acceptors (Lipinski definition) is 19. The number of halogens is 2. The lowest BCUT2D eigenvalue weighted by Gasteiger charge is -2.35. The number of amides is 3. The van der Waals surface area contributed by atoms with Gasteiger partial charge in [-0.05, 0) is 124 Å². The van der Waals surface area contributed by atoms with Gasteiger partial charge < -0.3 is 43.3 Å². The zero-order valence-electron chi connectivity index (χ0n) is 58.1. The van der Waals surface area contributed by atoms with Crippen LogP contribution in [0.3, 0.4) is 0 Å². The van der Waals surface area contributed by atoms with Crippen LogP contribution in [0.4, 0.5) is 8.78 Å². The van der Waals surface area contributed by atoms with Gasteiger partial charge in [0.1, 0.15) is 53.3 Å². The third kappa shape index (κ3) is 15.5. The van der Waals surface area contributed by atoms with Gasteiger partial charge in [-0.15, -0.1) is 0 Å². The molecule has 6 fully saturated rings. The average Bonchev–Trinajstić information content (AvgIpc) is 1.65. The number of ketones is 1. The summed E-state index contributed by atoms with van der Waals surface area (Å²) in [5.41, 5.74) is 0.500. The van der Waals surface area contributed by atoms with Crippen LogP contribution in [0, 0.1) is 57.7 Å². The van der Waals surface area contributed by atoms with Gasteiger partial charge >= 0.3 is 17.9 Å². The number of aromatic nitrogens is 4. The fourth-order valence-electron chi connectivity index (χ4n) is 14.9. The van der Waals surface area contributed by atoms with Gasteiger partial charge in [-0.25, -0.2) is 41.9 Å². The van der Waals surface area contributed by atoms with E-state index in [0.29, 0.717) is 71.2 Å². The fraction of sp³-hybridized carbons (Fsp3) is 0.681. The van der Waals surface area contributed by atoms with Crippen LogP contribution in [0.15, 0.2) is 36.4 Å². The first-order valence-electron chi connectivity index (χ1n) is 34.9. The summed E-state index contributed by atoms with van der Waals surface area (Å²) in [5.74, 6) is -6.75. The Morgan fingerprint density at radius 2 is 1.10 bits per heavy atom. The third-order valence-electron chi connectivity index (χ3n) is 22.0. The molecule has 8 aliphatic rings. The Labute approximate surface area is 571 Å². The minimum Gasteiger partial charge on any atom is -0.497 e. The highest BCUT2D eigenvalue weighted by molar-refractivity contribution is 7.91. The van der Waals surface area contributed by atoms with Gasteiger partial charge in [0.15, 0.2) is 5.78 Å². The molecule has 2 aromatic carbocycles. The number of aliphatic carboxylic acids is 1. The molecular formula is C72H95F2N7O16S. The zero-order valence-corrected chi connectivity index (χ0v) is 58.9. The molecule has 4 aliphatic heterocycles. The van der Waals surface area contributed by atoms with E-state index in [1.54, 1.807) is 46.3 Å². The predicted octanol–water partition coefficient (Wildman–Crippen LogP) is 9.98. The number of esters is 2. The molecule has 1 unspecified atom stereocenters. The number of hydrogen-bond donors (Lipinski definition) is 2. The van der Waals surface area contributed by atoms with Gasteiger partial charge in [0.05, 0.1) is 90.3 Å². The van der Waals surface area contributed by atoms with Gasteiger partial charge in [0.2, 0.25) is 45.9 Å². The minimum atomic E-state index is -4.19. The van der Waals surface area contributed by atoms with Crippen molar-refractivity contribution in [1.82, 2.24) is 34.5 Å². The van der Waals surface area contributed by atoms with Crippen molar-refractivity contribution in [2.75, 3.05) is 27.3 Å². The number of fused-ring (bicyclic) bond motifs is 10. The second-order valence-corrected chi connectivity index (χ2v) is 33.4. The van der Waals surface area contributed by atoms with Crippen molar-refractivity contribution in [3.8, 4) is 23.3 Å². The summed E-state index contributed by atoms with van der Waals surface area (Å²) in [4.78, 5) is 118. The quantitative estimate of drug-likeness (QED) is 0.139. The molecule has 0 spiro atoms. The Balaban J connectivity index is 0.000000209. The number of nitrogens with zero attached hydrogens (tertiary/aromatic N) is 6. The number of ether oxygens (including phenoxy) is 6. The SMILES string of the molecule is COc1ccc2nc3c(nc2c1)O[C@H]1CN(C(=O)[C@H](C(C)(C)C)CC(=O)OC2C[C@H]2CCCCC3)[C@H](C(=O)O)[C@@H]1C.COc1ccc2nc3c(nc2c1)O[C@H]1CN(C(=O)[C@H](C(C)(C)C)CC(=O)O[C@@H]2C[C@H]2CCCCC3)[C@H](C(=O)C[C@]2(C(=O)NS(=O)(=O)C3(C)CC3)C[C@H]2C(F)F)[C@@H]1C. The molecule has 14 atom stereocenters. The van der Waals surface area contributed by atoms with Crippen molar-refractivity contribution in [2.45, 2.75) is 226 Å². The van der Waals surface area contributed by atoms with Crippen LogP contribution in [0.25, 0.3) is 22.1 Å². The van der Waals surface area contributed by atoms with Crippen molar-refractivity contribution in [3.05, 3.63) is 47.8 Å². The first kappa shape index (κ1) is 71.9. The summed E-state index contributed by atoms with van der Waals surface area (Å²) in [6, 6.07) is 8.50. The monoisotopic (exact) mass is 1380 g/mol. The molecular weight excluding hydrogens is 1290 g/mol. The molecule has 4 aromatic rings. The molecule has 0 radical (unpaired) electrons. The maximum atomic E-state index is 14.8. The number of carbonyl (C=O) groups excluding carboxylic acids is 6. The van der Waals surface area contributed by atoms with E-state index in [9.17, 15) is 55.9 Å². The highest BCUT2D eigenvalue weighted by atomic mass is 32.2. The van der Waals surface area contributed by atoms with Gasteiger partial charge in [-0.2, -0.15) is 0 Å². The smallest absolute Gasteiger partial charge is 0.326 e. The molecule has 3 amide bonds. The number of sulfonamides is 1. The Morgan fingerprint density at radius 3 is 1.51 bits per heavy atom. The van der Waals surface area contributed by atoms with E-state index in [-0.39, 0.29) is 62.3 Å². The Bertz CT molecular complexity index is 3860. The van der Waals surface area contributed by atoms with E-state index in [0.717, 1.165) is 75.4 Å². The summed E-state index contributed by atoms with van der Waals surface area (Å²) in [5, 5.41) is 10.2. The van der Waals surface area contributed by atoms with Crippen molar-refractivity contribution < 1.29 is 84.3 Å². The molecule has 12 rings (SSSR count). The second-order valence-electron chi connectivity index (χ2n) is 31.2. The number of alkyl halides is 2. The highest BCUT2D eigenvalue weighted by Gasteiger charge is 2.67. The van der Waals surface area contributed by atoms with E-state index in [1.165, 1.54) is 16.7 Å². The number of nitrogens with one attached hydrogen (secondary N) is 1. The molecule has 23 nitrogen and oxygen atoms in total. The van der Waals surface area contributed by atoms with Gasteiger partial charge in [0, 0.05) is 36.3 Å². The normalized spacial score (nSPS) is 30.7. The van der Waals surface area contributed by atoms with Crippen LogP contribution < -0.4 is 23.7 Å². The van der Waals surface area contributed by atoms with E-state index in [2.05, 4.69) is 0 Å². The second kappa shape index (κ2) is 28.0. The minimum absolute atomic E-state index is 0.0700. The highest BCUT2D eigenvalue weighted by Crippen LogP contribution is 2.60. The molecule has 6 heterocycles. The predicted molar refractivity (Wildman–Crippen MR) is 354 cm³/mol. The number of carboxylic acid groups (broad SMARTS) is 1. The average molecular weight is 1380 g/mol. The van der Waals surface area contributed by atoms with Crippen LogP contribution >= 0.6 is 0 Å². The topological polar surface area (TPSA) is 299 Å². The largest absolute Gasteiger partial charge is 0.497 e. The lowest BCUT2D eigenvalue weighted by atomic mass is 9.77. The lowest BCUT2D eigenvalue weighted by molar-refractivity contribution is -0.157. The van der Waals surface area contributed by atoms with E-state index < -0.39 is 133 Å². The number of aryl methyl sites for hydroxylation is 2. The molecule has 4 bridgehead atoms. The maximum Gasteiger partial charge on any atom is 0.326 e. The van der Waals surface area contributed by atoms with E-state index >= 15 is 0 Å². The standard InChI is InChI=1S/C41H54F2N4O9S.C31H41N3O7/c1-22-32-21-47(34(22)30(48)20-41(19-26(41)35(42)43)38(51)46-57(52,53)40(5)14-15-40)37(50)25(39(2,3)4)18-33(49)55-31-16-23(31)10-8-7-9-11-28-36(56-32)45-29-17-24(54-6)12-13-27(29)44-28;1-17-25-16-34(27(17)30(37)38)29(36)20(31(2,3)4)15-26(35)40-24-13-18(24)9-7-6-8-10-22-28(41-25)33-23-14-19(39-5)11-12-21(23)32-22/h12-13,17,22-23,25-26,31-32,34-35H,7-11,14-16,18-21H2,1-6H3,(H,46,51);11-12,14,17-18,20,24-25,27H,6-10,13,15-16H2,1-5H3,(H,37,38)/t22-,23-,25-,26+,31-,32+,34+,41-;17-,18-,20-,24?,25+,27+/m11/s1.